The molecule has 0 fully saturated rings. The number of ketones is 1. The van der Waals surface area contributed by atoms with Crippen molar-refractivity contribution in [2.24, 2.45) is 0 Å². The van der Waals surface area contributed by atoms with Crippen molar-refractivity contribution in [3.63, 3.8) is 0 Å². The fraction of sp³-hybridized carbons (Fsp3) is 0.207. The predicted molar refractivity (Wildman–Crippen MR) is 138 cm³/mol. The van der Waals surface area contributed by atoms with Gasteiger partial charge in [0.15, 0.2) is 5.78 Å². The van der Waals surface area contributed by atoms with E-state index in [0.717, 1.165) is 11.1 Å². The number of anilines is 1. The van der Waals surface area contributed by atoms with Crippen LogP contribution in [0.15, 0.2) is 99.8 Å². The van der Waals surface area contributed by atoms with Gasteiger partial charge in [0.2, 0.25) is 0 Å². The van der Waals surface area contributed by atoms with Crippen molar-refractivity contribution in [1.82, 2.24) is 0 Å². The fourth-order valence-corrected chi connectivity index (χ4v) is 6.13. The van der Waals surface area contributed by atoms with E-state index >= 15 is 0 Å². The number of nitrogens with zero attached hydrogens (tertiary/aromatic N) is 1. The Kier molecular flexibility index (Phi) is 6.07. The van der Waals surface area contributed by atoms with Gasteiger partial charge >= 0.3 is 0 Å². The molecule has 1 aromatic heterocycles. The number of benzene rings is 3. The number of fused-ring (bicyclic) bond motifs is 3. The highest BCUT2D eigenvalue weighted by molar-refractivity contribution is 7.92. The predicted octanol–water partition coefficient (Wildman–Crippen LogP) is 6.38. The number of Topliss-reactive ketones (excluding diaryl/α,β-unsaturated/α-hetero) is 1. The van der Waals surface area contributed by atoms with Gasteiger partial charge in [0.1, 0.15) is 17.0 Å². The molecule has 35 heavy (non-hydrogen) atoms. The normalized spacial score (nSPS) is 17.8. The summed E-state index contributed by atoms with van der Waals surface area (Å²) < 4.78 is 36.0. The Morgan fingerprint density at radius 3 is 2.37 bits per heavy atom. The summed E-state index contributed by atoms with van der Waals surface area (Å²) >= 11 is 0. The van der Waals surface area contributed by atoms with Crippen LogP contribution in [0.25, 0.3) is 11.0 Å². The molecule has 4 aromatic rings. The lowest BCUT2D eigenvalue weighted by atomic mass is 9.89. The van der Waals surface area contributed by atoms with Gasteiger partial charge < -0.3 is 4.42 Å². The minimum atomic E-state index is -3.99. The van der Waals surface area contributed by atoms with E-state index in [2.05, 4.69) is 0 Å². The second-order valence-electron chi connectivity index (χ2n) is 8.84. The molecule has 0 saturated heterocycles. The van der Waals surface area contributed by atoms with Gasteiger partial charge in [-0.05, 0) is 43.2 Å². The van der Waals surface area contributed by atoms with Crippen molar-refractivity contribution >= 4 is 32.5 Å². The zero-order valence-electron chi connectivity index (χ0n) is 19.8. The molecule has 0 saturated carbocycles. The molecule has 0 aliphatic carbocycles. The van der Waals surface area contributed by atoms with Gasteiger partial charge in [-0.1, -0.05) is 73.2 Å². The summed E-state index contributed by atoms with van der Waals surface area (Å²) in [4.78, 5) is 13.1. The SMILES string of the molecule is CCC(=O)/C1=C/C[C@@H](c2ccccc2)c2oc3ccccc3c2N(S(=O)(=O)c2ccc(C)cc2)C1. The van der Waals surface area contributed by atoms with E-state index in [1.54, 1.807) is 31.2 Å². The van der Waals surface area contributed by atoms with Crippen molar-refractivity contribution < 1.29 is 17.6 Å². The summed E-state index contributed by atoms with van der Waals surface area (Å²) in [5.41, 5.74) is 3.59. The zero-order chi connectivity index (χ0) is 24.6. The second kappa shape index (κ2) is 9.19. The first kappa shape index (κ1) is 23.1. The molecule has 3 aromatic carbocycles. The molecular formula is C29H27NO4S. The molecule has 0 spiro atoms. The Morgan fingerprint density at radius 2 is 1.66 bits per heavy atom. The maximum Gasteiger partial charge on any atom is 0.264 e. The average molecular weight is 486 g/mol. The molecule has 5 rings (SSSR count). The molecule has 0 unspecified atom stereocenters. The smallest absolute Gasteiger partial charge is 0.264 e. The lowest BCUT2D eigenvalue weighted by Gasteiger charge is -2.29. The number of carbonyl (C=O) groups is 1. The third-order valence-corrected chi connectivity index (χ3v) is 8.33. The molecule has 2 heterocycles. The number of sulfonamides is 1. The van der Waals surface area contributed by atoms with E-state index in [-0.39, 0.29) is 23.1 Å². The Balaban J connectivity index is 1.80. The van der Waals surface area contributed by atoms with Gasteiger partial charge in [-0.2, -0.15) is 0 Å². The Hall–Kier alpha value is -3.64. The quantitative estimate of drug-likeness (QED) is 0.329. The van der Waals surface area contributed by atoms with Gasteiger partial charge in [0, 0.05) is 23.3 Å². The zero-order valence-corrected chi connectivity index (χ0v) is 20.6. The molecule has 178 valence electrons. The van der Waals surface area contributed by atoms with Crippen LogP contribution in [-0.2, 0) is 14.8 Å². The molecule has 1 aliphatic heterocycles. The number of furan rings is 1. The van der Waals surface area contributed by atoms with Gasteiger partial charge in [-0.25, -0.2) is 8.42 Å². The maximum absolute atomic E-state index is 14.1. The largest absolute Gasteiger partial charge is 0.458 e. The van der Waals surface area contributed by atoms with Crippen molar-refractivity contribution in [2.45, 2.75) is 37.5 Å². The van der Waals surface area contributed by atoms with Gasteiger partial charge in [-0.15, -0.1) is 0 Å². The highest BCUT2D eigenvalue weighted by Gasteiger charge is 2.36. The third-order valence-electron chi connectivity index (χ3n) is 6.57. The minimum absolute atomic E-state index is 0.0408. The van der Waals surface area contributed by atoms with Gasteiger partial charge in [-0.3, -0.25) is 9.10 Å². The van der Waals surface area contributed by atoms with Crippen molar-refractivity contribution in [3.8, 4) is 0 Å². The molecule has 0 amide bonds. The highest BCUT2D eigenvalue weighted by atomic mass is 32.2. The van der Waals surface area contributed by atoms with Crippen LogP contribution in [0.4, 0.5) is 5.69 Å². The minimum Gasteiger partial charge on any atom is -0.458 e. The molecular weight excluding hydrogens is 458 g/mol. The third kappa shape index (κ3) is 4.19. The summed E-state index contributed by atoms with van der Waals surface area (Å²) in [6.45, 7) is 3.68. The molecule has 0 N–H and O–H groups in total. The number of rotatable bonds is 5. The number of aryl methyl sites for hydroxylation is 1. The standard InChI is InChI=1S/C29H27NO4S/c1-3-26(31)22-15-18-24(21-9-5-4-6-10-21)29-28(25-11-7-8-12-27(25)34-29)30(19-22)35(32,33)23-16-13-20(2)14-17-23/h4-17,24H,3,18-19H2,1-2H3/b22-15+/t24-/m0/s1. The number of hydrogen-bond donors (Lipinski definition) is 0. The number of allylic oxidation sites excluding steroid dienone is 1. The van der Waals surface area contributed by atoms with Crippen molar-refractivity contribution in [3.05, 3.63) is 107 Å². The van der Waals surface area contributed by atoms with E-state index in [1.807, 2.05) is 67.6 Å². The van der Waals surface area contributed by atoms with E-state index in [9.17, 15) is 13.2 Å². The van der Waals surface area contributed by atoms with Crippen LogP contribution in [0.1, 0.15) is 42.6 Å². The van der Waals surface area contributed by atoms with Gasteiger partial charge in [0.25, 0.3) is 10.0 Å². The lowest BCUT2D eigenvalue weighted by molar-refractivity contribution is -0.115. The molecule has 0 radical (unpaired) electrons. The fourth-order valence-electron chi connectivity index (χ4n) is 4.65. The molecule has 1 aliphatic rings. The summed E-state index contributed by atoms with van der Waals surface area (Å²) in [5.74, 6) is 0.291. The molecule has 0 bridgehead atoms. The van der Waals surface area contributed by atoms with Crippen molar-refractivity contribution in [2.75, 3.05) is 10.8 Å². The molecule has 5 nitrogen and oxygen atoms in total. The van der Waals surface area contributed by atoms with Crippen LogP contribution in [0.2, 0.25) is 0 Å². The number of hydrogen-bond acceptors (Lipinski definition) is 4. The van der Waals surface area contributed by atoms with Crippen LogP contribution in [0, 0.1) is 6.92 Å². The monoisotopic (exact) mass is 485 g/mol. The summed E-state index contributed by atoms with van der Waals surface area (Å²) in [7, 11) is -3.99. The molecule has 6 heteroatoms. The maximum atomic E-state index is 14.1. The molecule has 1 atom stereocenters. The van der Waals surface area contributed by atoms with Crippen LogP contribution >= 0.6 is 0 Å². The van der Waals surface area contributed by atoms with Crippen LogP contribution in [0.5, 0.6) is 0 Å². The van der Waals surface area contributed by atoms with Gasteiger partial charge in [0.05, 0.1) is 11.4 Å². The first-order valence-corrected chi connectivity index (χ1v) is 13.2. The van der Waals surface area contributed by atoms with Crippen LogP contribution in [-0.4, -0.2) is 20.7 Å². The topological polar surface area (TPSA) is 67.6 Å². The van der Waals surface area contributed by atoms with E-state index in [1.165, 1.54) is 4.31 Å². The van der Waals surface area contributed by atoms with Crippen LogP contribution < -0.4 is 4.31 Å². The highest BCUT2D eigenvalue weighted by Crippen LogP contribution is 2.45. The number of carbonyl (C=O) groups excluding carboxylic acids is 1. The van der Waals surface area contributed by atoms with E-state index < -0.39 is 10.0 Å². The second-order valence-corrected chi connectivity index (χ2v) is 10.7. The Labute approximate surface area is 205 Å². The summed E-state index contributed by atoms with van der Waals surface area (Å²) in [5, 5.41) is 0.712. The summed E-state index contributed by atoms with van der Waals surface area (Å²) in [6.07, 6.45) is 2.73. The number of para-hydroxylation sites is 1. The van der Waals surface area contributed by atoms with E-state index in [0.29, 0.717) is 40.8 Å². The average Bonchev–Trinajstić information content (AvgIpc) is 3.23. The van der Waals surface area contributed by atoms with E-state index in [4.69, 9.17) is 4.42 Å². The Bertz CT molecular complexity index is 1520. The first-order chi connectivity index (χ1) is 16.9. The van der Waals surface area contributed by atoms with Crippen LogP contribution in [0.3, 0.4) is 0 Å². The van der Waals surface area contributed by atoms with Crippen molar-refractivity contribution in [1.29, 1.82) is 0 Å². The Morgan fingerprint density at radius 1 is 0.971 bits per heavy atom. The first-order valence-electron chi connectivity index (χ1n) is 11.8. The summed E-state index contributed by atoms with van der Waals surface area (Å²) in [6, 6.07) is 24.2. The lowest BCUT2D eigenvalue weighted by Crippen LogP contribution is -2.36.